The van der Waals surface area contributed by atoms with Crippen LogP contribution in [0.1, 0.15) is 26.1 Å². The van der Waals surface area contributed by atoms with Gasteiger partial charge in [-0.05, 0) is 42.3 Å². The molecule has 2 saturated heterocycles. The molecule has 7 heteroatoms. The van der Waals surface area contributed by atoms with Crippen LogP contribution >= 0.6 is 15.9 Å². The van der Waals surface area contributed by atoms with Gasteiger partial charge in [-0.2, -0.15) is 0 Å². The Morgan fingerprint density at radius 2 is 2.22 bits per heavy atom. The first-order valence-corrected chi connectivity index (χ1v) is 8.88. The van der Waals surface area contributed by atoms with Crippen molar-refractivity contribution in [1.29, 1.82) is 0 Å². The summed E-state index contributed by atoms with van der Waals surface area (Å²) in [6.07, 6.45) is 3.40. The number of likely N-dealkylation sites (tertiary alicyclic amines) is 1. The third-order valence-corrected chi connectivity index (χ3v) is 5.63. The van der Waals surface area contributed by atoms with Crippen molar-refractivity contribution in [3.8, 4) is 0 Å². The number of halogens is 1. The van der Waals surface area contributed by atoms with Crippen molar-refractivity contribution < 1.29 is 9.47 Å². The molecule has 0 radical (unpaired) electrons. The summed E-state index contributed by atoms with van der Waals surface area (Å²) in [5.74, 6) is 1.09. The van der Waals surface area contributed by atoms with Crippen LogP contribution in [0.4, 0.5) is 0 Å². The maximum absolute atomic E-state index is 6.14. The first-order valence-electron chi connectivity index (χ1n) is 8.08. The molecule has 2 bridgehead atoms. The van der Waals surface area contributed by atoms with Crippen LogP contribution in [0.3, 0.4) is 0 Å². The van der Waals surface area contributed by atoms with E-state index >= 15 is 0 Å². The predicted octanol–water partition coefficient (Wildman–Crippen LogP) is 2.44. The van der Waals surface area contributed by atoms with E-state index in [1.165, 1.54) is 0 Å². The highest BCUT2D eigenvalue weighted by Gasteiger charge is 2.59. The van der Waals surface area contributed by atoms with E-state index in [0.29, 0.717) is 12.0 Å². The average molecular weight is 379 g/mol. The van der Waals surface area contributed by atoms with Crippen LogP contribution in [0.25, 0.3) is 11.2 Å². The van der Waals surface area contributed by atoms with Crippen molar-refractivity contribution in [3.63, 3.8) is 0 Å². The molecule has 3 aliphatic rings. The van der Waals surface area contributed by atoms with Crippen LogP contribution in [0, 0.1) is 5.92 Å². The fourth-order valence-corrected chi connectivity index (χ4v) is 4.73. The lowest BCUT2D eigenvalue weighted by Crippen LogP contribution is -2.46. The molecule has 2 aliphatic heterocycles. The van der Waals surface area contributed by atoms with Gasteiger partial charge in [-0.25, -0.2) is 9.97 Å². The van der Waals surface area contributed by atoms with E-state index in [-0.39, 0.29) is 12.2 Å². The number of H-pyrrole nitrogens is 1. The molecule has 6 nitrogen and oxygen atoms in total. The smallest absolute Gasteiger partial charge is 0.177 e. The molecule has 1 N–H and O–H groups in total. The van der Waals surface area contributed by atoms with E-state index in [9.17, 15) is 0 Å². The van der Waals surface area contributed by atoms with Gasteiger partial charge in [-0.15, -0.1) is 0 Å². The lowest BCUT2D eigenvalue weighted by atomic mass is 10.0. The van der Waals surface area contributed by atoms with Gasteiger partial charge in [0.25, 0.3) is 0 Å². The zero-order valence-electron chi connectivity index (χ0n) is 13.1. The van der Waals surface area contributed by atoms with Crippen molar-refractivity contribution in [2.45, 2.75) is 50.8 Å². The number of ether oxygens (including phenoxy) is 2. The van der Waals surface area contributed by atoms with Crippen LogP contribution in [-0.2, 0) is 16.0 Å². The predicted molar refractivity (Wildman–Crippen MR) is 87.7 cm³/mol. The number of hydrogen-bond donors (Lipinski definition) is 1. The number of fused-ring (bicyclic) bond motifs is 6. The highest BCUT2D eigenvalue weighted by atomic mass is 79.9. The highest BCUT2D eigenvalue weighted by Crippen LogP contribution is 2.48. The van der Waals surface area contributed by atoms with Gasteiger partial charge in [0.1, 0.15) is 11.9 Å². The van der Waals surface area contributed by atoms with E-state index in [1.807, 2.05) is 19.9 Å². The standard InChI is InChI=1S/C16H19BrN4O2/c1-16(2)22-13-8-3-11(14(13)23-16)21(6-8)7-12-19-10-4-9(17)5-18-15(10)20-12/h4-5,8,11,13-14H,3,6-7H2,1-2H3,(H,18,19,20)/t8-,11-,13-,14+/m1/s1. The Hall–Kier alpha value is -1.02. The molecule has 23 heavy (non-hydrogen) atoms. The zero-order valence-corrected chi connectivity index (χ0v) is 14.7. The normalized spacial score (nSPS) is 35.3. The Labute approximate surface area is 142 Å². The molecule has 122 valence electrons. The zero-order chi connectivity index (χ0) is 15.8. The minimum Gasteiger partial charge on any atom is -0.344 e. The second-order valence-electron chi connectivity index (χ2n) is 7.27. The second kappa shape index (κ2) is 4.75. The summed E-state index contributed by atoms with van der Waals surface area (Å²) in [5, 5.41) is 0. The van der Waals surface area contributed by atoms with Crippen molar-refractivity contribution >= 4 is 27.1 Å². The van der Waals surface area contributed by atoms with Gasteiger partial charge in [-0.1, -0.05) is 0 Å². The number of hydrogen-bond acceptors (Lipinski definition) is 5. The van der Waals surface area contributed by atoms with Crippen LogP contribution in [0.2, 0.25) is 0 Å². The Morgan fingerprint density at radius 3 is 3.09 bits per heavy atom. The maximum atomic E-state index is 6.14. The molecule has 4 atom stereocenters. The molecule has 1 saturated carbocycles. The molecule has 2 aromatic rings. The Bertz CT molecular complexity index is 777. The van der Waals surface area contributed by atoms with Crippen LogP contribution in [0.15, 0.2) is 16.7 Å². The van der Waals surface area contributed by atoms with Crippen molar-refractivity contribution in [2.75, 3.05) is 6.54 Å². The highest BCUT2D eigenvalue weighted by molar-refractivity contribution is 9.10. The van der Waals surface area contributed by atoms with Gasteiger partial charge >= 0.3 is 0 Å². The summed E-state index contributed by atoms with van der Waals surface area (Å²) < 4.78 is 13.2. The first kappa shape index (κ1) is 14.3. The molecule has 4 heterocycles. The van der Waals surface area contributed by atoms with Gasteiger partial charge in [-0.3, -0.25) is 4.90 Å². The fraction of sp³-hybridized carbons (Fsp3) is 0.625. The van der Waals surface area contributed by atoms with Crippen LogP contribution in [0.5, 0.6) is 0 Å². The topological polar surface area (TPSA) is 63.3 Å². The Kier molecular flexibility index (Phi) is 2.96. The van der Waals surface area contributed by atoms with Gasteiger partial charge in [0.2, 0.25) is 0 Å². The molecule has 1 aliphatic carbocycles. The fourth-order valence-electron chi connectivity index (χ4n) is 4.40. The number of piperidine rings is 1. The number of imidazole rings is 1. The number of nitrogens with one attached hydrogen (secondary N) is 1. The molecule has 2 aromatic heterocycles. The van der Waals surface area contributed by atoms with Crippen LogP contribution < -0.4 is 0 Å². The van der Waals surface area contributed by atoms with Gasteiger partial charge in [0.15, 0.2) is 11.4 Å². The largest absolute Gasteiger partial charge is 0.344 e. The van der Waals surface area contributed by atoms with Crippen molar-refractivity contribution in [3.05, 3.63) is 22.6 Å². The summed E-state index contributed by atoms with van der Waals surface area (Å²) in [6.45, 7) is 5.89. The van der Waals surface area contributed by atoms with Crippen LogP contribution in [-0.4, -0.2) is 50.4 Å². The lowest BCUT2D eigenvalue weighted by molar-refractivity contribution is -0.155. The summed E-state index contributed by atoms with van der Waals surface area (Å²) in [7, 11) is 0. The maximum Gasteiger partial charge on any atom is 0.177 e. The molecule has 3 fully saturated rings. The van der Waals surface area contributed by atoms with Gasteiger partial charge < -0.3 is 14.5 Å². The number of pyridine rings is 1. The number of aromatic nitrogens is 3. The average Bonchev–Trinajstić information content (AvgIpc) is 3.17. The lowest BCUT2D eigenvalue weighted by Gasteiger charge is -2.32. The Morgan fingerprint density at radius 1 is 1.39 bits per heavy atom. The SMILES string of the molecule is CC1(C)O[C@@H]2[C@@H]3C[C@H]([C@@H]2O1)N(Cc1nc2ncc(Br)cc2[nH]1)C3. The van der Waals surface area contributed by atoms with Gasteiger partial charge in [0.05, 0.1) is 18.2 Å². The minimum atomic E-state index is -0.447. The first-order chi connectivity index (χ1) is 11.0. The molecule has 0 aromatic carbocycles. The van der Waals surface area contributed by atoms with E-state index in [0.717, 1.165) is 41.0 Å². The third kappa shape index (κ3) is 2.25. The molecule has 0 amide bonds. The van der Waals surface area contributed by atoms with E-state index in [2.05, 4.69) is 35.8 Å². The number of aromatic amines is 1. The quantitative estimate of drug-likeness (QED) is 0.869. The molecular formula is C16H19BrN4O2. The molecular weight excluding hydrogens is 360 g/mol. The summed E-state index contributed by atoms with van der Waals surface area (Å²) in [5.41, 5.74) is 1.74. The van der Waals surface area contributed by atoms with E-state index in [4.69, 9.17) is 9.47 Å². The van der Waals surface area contributed by atoms with Crippen molar-refractivity contribution in [1.82, 2.24) is 19.9 Å². The van der Waals surface area contributed by atoms with Crippen molar-refractivity contribution in [2.24, 2.45) is 5.92 Å². The summed E-state index contributed by atoms with van der Waals surface area (Å²) in [6, 6.07) is 2.45. The summed E-state index contributed by atoms with van der Waals surface area (Å²) in [4.78, 5) is 14.8. The Balaban J connectivity index is 1.37. The molecule has 5 rings (SSSR count). The summed E-state index contributed by atoms with van der Waals surface area (Å²) >= 11 is 3.45. The number of nitrogens with zero attached hydrogens (tertiary/aromatic N) is 3. The van der Waals surface area contributed by atoms with Gasteiger partial charge in [0, 0.05) is 29.2 Å². The minimum absolute atomic E-state index is 0.195. The molecule has 0 spiro atoms. The monoisotopic (exact) mass is 378 g/mol. The third-order valence-electron chi connectivity index (χ3n) is 5.20. The number of rotatable bonds is 2. The van der Waals surface area contributed by atoms with E-state index < -0.39 is 5.79 Å². The van der Waals surface area contributed by atoms with E-state index in [1.54, 1.807) is 6.20 Å². The molecule has 0 unspecified atom stereocenters. The second-order valence-corrected chi connectivity index (χ2v) is 8.18.